The zero-order chi connectivity index (χ0) is 16.6. The maximum Gasteiger partial charge on any atom is 0.420 e. The number of hydrogen-bond donors (Lipinski definition) is 1. The first-order chi connectivity index (χ1) is 10.9. The third kappa shape index (κ3) is 2.83. The molecule has 3 rings (SSSR count). The molecule has 0 atom stereocenters. The molecule has 0 aliphatic carbocycles. The summed E-state index contributed by atoms with van der Waals surface area (Å²) in [5.41, 5.74) is 0.987. The molecule has 8 nitrogen and oxygen atoms in total. The maximum absolute atomic E-state index is 12.6. The summed E-state index contributed by atoms with van der Waals surface area (Å²) in [6.45, 7) is 5.36. The van der Waals surface area contributed by atoms with E-state index in [4.69, 9.17) is 4.74 Å². The molecule has 0 radical (unpaired) electrons. The molecule has 0 unspecified atom stereocenters. The molecular formula is C15H15N5O3. The lowest BCUT2D eigenvalue weighted by molar-refractivity contribution is 0.0546. The number of nitrogens with zero attached hydrogens (tertiary/aromatic N) is 4. The van der Waals surface area contributed by atoms with Gasteiger partial charge in [-0.1, -0.05) is 12.1 Å². The summed E-state index contributed by atoms with van der Waals surface area (Å²) >= 11 is 0. The Morgan fingerprint density at radius 1 is 1.30 bits per heavy atom. The number of nitrogens with one attached hydrogen (secondary N) is 1. The van der Waals surface area contributed by atoms with Crippen LogP contribution in [0.5, 0.6) is 0 Å². The summed E-state index contributed by atoms with van der Waals surface area (Å²) in [7, 11) is 0. The van der Waals surface area contributed by atoms with E-state index >= 15 is 0 Å². The molecule has 118 valence electrons. The van der Waals surface area contributed by atoms with Crippen molar-refractivity contribution in [2.75, 3.05) is 0 Å². The smallest absolute Gasteiger partial charge is 0.420 e. The van der Waals surface area contributed by atoms with Gasteiger partial charge in [-0.3, -0.25) is 5.10 Å². The van der Waals surface area contributed by atoms with E-state index in [-0.39, 0.29) is 5.82 Å². The predicted octanol–water partition coefficient (Wildman–Crippen LogP) is 3.61. The van der Waals surface area contributed by atoms with Gasteiger partial charge in [0.25, 0.3) is 0 Å². The van der Waals surface area contributed by atoms with Gasteiger partial charge in [-0.05, 0) is 38.1 Å². The molecule has 0 fully saturated rings. The Balaban J connectivity index is 2.19. The number of imidazole rings is 1. The second-order valence-electron chi connectivity index (χ2n) is 5.97. The van der Waals surface area contributed by atoms with Gasteiger partial charge >= 0.3 is 6.09 Å². The van der Waals surface area contributed by atoms with Crippen LogP contribution < -0.4 is 0 Å². The van der Waals surface area contributed by atoms with E-state index in [1.807, 2.05) is 6.07 Å². The van der Waals surface area contributed by atoms with Crippen LogP contribution in [0.15, 0.2) is 35.5 Å². The van der Waals surface area contributed by atoms with Crippen LogP contribution in [0.1, 0.15) is 20.8 Å². The van der Waals surface area contributed by atoms with Crippen molar-refractivity contribution in [3.8, 4) is 11.5 Å². The maximum atomic E-state index is 12.6. The van der Waals surface area contributed by atoms with Gasteiger partial charge in [0.1, 0.15) is 11.3 Å². The summed E-state index contributed by atoms with van der Waals surface area (Å²) in [6, 6.07) is 8.61. The van der Waals surface area contributed by atoms with Crippen LogP contribution in [0.25, 0.3) is 22.6 Å². The molecule has 0 amide bonds. The van der Waals surface area contributed by atoms with Gasteiger partial charge in [-0.25, -0.2) is 14.3 Å². The number of benzene rings is 1. The second kappa shape index (κ2) is 5.31. The van der Waals surface area contributed by atoms with Gasteiger partial charge in [0, 0.05) is 6.07 Å². The van der Waals surface area contributed by atoms with E-state index in [2.05, 4.69) is 20.4 Å². The van der Waals surface area contributed by atoms with Crippen molar-refractivity contribution in [2.24, 2.45) is 5.18 Å². The van der Waals surface area contributed by atoms with Crippen LogP contribution in [0.2, 0.25) is 0 Å². The number of aromatic nitrogens is 4. The number of para-hydroxylation sites is 2. The fraction of sp³-hybridized carbons (Fsp3) is 0.267. The van der Waals surface area contributed by atoms with Crippen LogP contribution in [-0.2, 0) is 4.74 Å². The van der Waals surface area contributed by atoms with Gasteiger partial charge in [-0.15, -0.1) is 4.91 Å². The minimum Gasteiger partial charge on any atom is -0.443 e. The first-order valence-electron chi connectivity index (χ1n) is 6.99. The number of aromatic amines is 1. The third-order valence-electron chi connectivity index (χ3n) is 3.04. The van der Waals surface area contributed by atoms with Gasteiger partial charge in [0.15, 0.2) is 5.82 Å². The van der Waals surface area contributed by atoms with Crippen molar-refractivity contribution in [3.05, 3.63) is 35.2 Å². The van der Waals surface area contributed by atoms with Crippen molar-refractivity contribution in [1.29, 1.82) is 0 Å². The number of fused-ring (bicyclic) bond motifs is 1. The highest BCUT2D eigenvalue weighted by Gasteiger charge is 2.24. The summed E-state index contributed by atoms with van der Waals surface area (Å²) in [5.74, 6) is 0.297. The van der Waals surface area contributed by atoms with E-state index in [0.29, 0.717) is 22.6 Å². The Bertz CT molecular complexity index is 888. The van der Waals surface area contributed by atoms with Crippen molar-refractivity contribution in [2.45, 2.75) is 26.4 Å². The van der Waals surface area contributed by atoms with Crippen LogP contribution in [0, 0.1) is 4.91 Å². The molecule has 0 bridgehead atoms. The minimum atomic E-state index is -0.650. The standard InChI is InChI=1S/C15H15N5O3/c1-15(2,3)23-14(21)20-11-7-5-4-6-9(11)16-13(20)10-8-12(19-22)18-17-10/h4-8H,1-3H3,(H,17,18). The van der Waals surface area contributed by atoms with Gasteiger partial charge in [-0.2, -0.15) is 5.10 Å². The highest BCUT2D eigenvalue weighted by Crippen LogP contribution is 2.26. The van der Waals surface area contributed by atoms with Gasteiger partial charge in [0.05, 0.1) is 11.0 Å². The van der Waals surface area contributed by atoms with Crippen molar-refractivity contribution in [1.82, 2.24) is 19.7 Å². The number of ether oxygens (including phenoxy) is 1. The lowest BCUT2D eigenvalue weighted by Crippen LogP contribution is -2.27. The fourth-order valence-electron chi connectivity index (χ4n) is 2.17. The molecule has 0 aliphatic heterocycles. The van der Waals surface area contributed by atoms with Crippen LogP contribution in [-0.4, -0.2) is 31.4 Å². The molecule has 0 spiro atoms. The molecule has 1 N–H and O–H groups in total. The van der Waals surface area contributed by atoms with E-state index in [9.17, 15) is 9.70 Å². The zero-order valence-corrected chi connectivity index (χ0v) is 12.9. The van der Waals surface area contributed by atoms with Crippen molar-refractivity contribution in [3.63, 3.8) is 0 Å². The number of nitroso groups, excluding NO2 is 1. The average Bonchev–Trinajstić information content (AvgIpc) is 3.09. The second-order valence-corrected chi connectivity index (χ2v) is 5.97. The van der Waals surface area contributed by atoms with Gasteiger partial charge in [0.2, 0.25) is 5.82 Å². The van der Waals surface area contributed by atoms with E-state index in [1.54, 1.807) is 39.0 Å². The molecule has 0 saturated heterocycles. The van der Waals surface area contributed by atoms with Crippen LogP contribution >= 0.6 is 0 Å². The number of carbonyl (C=O) groups excluding carboxylic acids is 1. The van der Waals surface area contributed by atoms with Crippen molar-refractivity contribution >= 4 is 22.9 Å². The lowest BCUT2D eigenvalue weighted by atomic mass is 10.2. The Morgan fingerprint density at radius 3 is 2.70 bits per heavy atom. The normalized spacial score (nSPS) is 11.6. The molecule has 2 heterocycles. The Morgan fingerprint density at radius 2 is 2.04 bits per heavy atom. The lowest BCUT2D eigenvalue weighted by Gasteiger charge is -2.20. The molecule has 0 saturated carbocycles. The number of carbonyl (C=O) groups is 1. The topological polar surface area (TPSA) is 102 Å². The molecule has 0 aliphatic rings. The van der Waals surface area contributed by atoms with Crippen LogP contribution in [0.4, 0.5) is 10.6 Å². The van der Waals surface area contributed by atoms with E-state index < -0.39 is 11.7 Å². The molecule has 23 heavy (non-hydrogen) atoms. The Kier molecular flexibility index (Phi) is 3.44. The number of H-pyrrole nitrogens is 1. The summed E-state index contributed by atoms with van der Waals surface area (Å²) in [4.78, 5) is 27.6. The summed E-state index contributed by atoms with van der Waals surface area (Å²) < 4.78 is 6.80. The van der Waals surface area contributed by atoms with E-state index in [1.165, 1.54) is 10.6 Å². The molecular weight excluding hydrogens is 298 g/mol. The molecule has 8 heteroatoms. The average molecular weight is 313 g/mol. The summed E-state index contributed by atoms with van der Waals surface area (Å²) in [5, 5.41) is 9.16. The zero-order valence-electron chi connectivity index (χ0n) is 12.9. The fourth-order valence-corrected chi connectivity index (χ4v) is 2.17. The quantitative estimate of drug-likeness (QED) is 0.728. The van der Waals surface area contributed by atoms with Crippen molar-refractivity contribution < 1.29 is 9.53 Å². The SMILES string of the molecule is CC(C)(C)OC(=O)n1c(-c2cc(N=O)n[nH]2)nc2ccccc21. The molecule has 2 aromatic heterocycles. The van der Waals surface area contributed by atoms with E-state index in [0.717, 1.165) is 0 Å². The minimum absolute atomic E-state index is 0.0113. The first-order valence-corrected chi connectivity index (χ1v) is 6.99. The first kappa shape index (κ1) is 14.9. The molecule has 3 aromatic rings. The molecule has 1 aromatic carbocycles. The number of hydrogen-bond acceptors (Lipinski definition) is 6. The largest absolute Gasteiger partial charge is 0.443 e. The highest BCUT2D eigenvalue weighted by atomic mass is 16.6. The van der Waals surface area contributed by atoms with Crippen LogP contribution in [0.3, 0.4) is 0 Å². The van der Waals surface area contributed by atoms with Gasteiger partial charge < -0.3 is 4.74 Å². The summed E-state index contributed by atoms with van der Waals surface area (Å²) in [6.07, 6.45) is -0.559. The predicted molar refractivity (Wildman–Crippen MR) is 84.4 cm³/mol. The monoisotopic (exact) mass is 313 g/mol. The highest BCUT2D eigenvalue weighted by molar-refractivity contribution is 5.91. The number of rotatable bonds is 2. The Hall–Kier alpha value is -3.03. The Labute approximate surface area is 131 Å². The third-order valence-corrected chi connectivity index (χ3v) is 3.04.